The minimum Gasteiger partial charge on any atom is -0.383 e. The van der Waals surface area contributed by atoms with Gasteiger partial charge in [-0.25, -0.2) is 45.0 Å². The number of aromatic nitrogens is 4. The Bertz CT molecular complexity index is 2660. The Kier molecular flexibility index (Phi) is 16.8. The SMILES string of the molecule is C#CC1(F)[C@@H](O)[C@@H](OP(=O)(O)OP(=O)(O)OP(=O)(O)O)O[C@H]1n1cc(F)c(=S)[nH]c1=S.C#CC1(F)[C@@H](O)[C@@H](OP(=O)(O)OP(=O)(O)OP(=O)(O)O)O[C@H]1n1cc(F)c(N)nc1=S. The third kappa shape index (κ3) is 13.6. The molecular weight excluding hydrogens is 1050 g/mol. The van der Waals surface area contributed by atoms with Crippen LogP contribution in [0.2, 0.25) is 0 Å². The molecule has 2 aromatic heterocycles. The third-order valence-corrected chi connectivity index (χ3v) is 15.2. The fourth-order valence-electron chi connectivity index (χ4n) is 4.42. The van der Waals surface area contributed by atoms with Gasteiger partial charge in [-0.15, -0.1) is 12.8 Å². The molecule has 0 bridgehead atoms. The number of alkyl halides is 2. The third-order valence-electron chi connectivity index (χ3n) is 6.73. The Morgan fingerprint density at radius 1 is 0.710 bits per heavy atom. The van der Waals surface area contributed by atoms with Crippen molar-refractivity contribution < 1.29 is 130 Å². The second kappa shape index (κ2) is 19.1. The van der Waals surface area contributed by atoms with Crippen LogP contribution in [0.5, 0.6) is 0 Å². The van der Waals surface area contributed by atoms with Gasteiger partial charge in [0, 0.05) is 12.4 Å². The van der Waals surface area contributed by atoms with Crippen molar-refractivity contribution in [1.29, 1.82) is 0 Å². The lowest BCUT2D eigenvalue weighted by atomic mass is 10.00. The van der Waals surface area contributed by atoms with Crippen LogP contribution in [0.3, 0.4) is 0 Å². The van der Waals surface area contributed by atoms with Gasteiger partial charge in [0.2, 0.25) is 28.7 Å². The topological polar surface area (TPSA) is 443 Å². The summed E-state index contributed by atoms with van der Waals surface area (Å²) in [5.74, 6) is -0.0106. The normalized spacial score (nSPS) is 30.3. The number of aromatic amines is 1. The van der Waals surface area contributed by atoms with Crippen LogP contribution < -0.4 is 5.73 Å². The summed E-state index contributed by atoms with van der Waals surface area (Å²) in [6.45, 7) is 0. The van der Waals surface area contributed by atoms with Crippen molar-refractivity contribution in [3.05, 3.63) is 38.2 Å². The molecule has 0 aromatic carbocycles. The number of halogens is 4. The van der Waals surface area contributed by atoms with E-state index in [9.17, 15) is 56.2 Å². The maximum absolute atomic E-state index is 15.2. The fourth-order valence-corrected chi connectivity index (χ4v) is 11.3. The van der Waals surface area contributed by atoms with Gasteiger partial charge < -0.3 is 69.6 Å². The first kappa shape index (κ1) is 54.5. The quantitative estimate of drug-likeness (QED) is 0.0552. The summed E-state index contributed by atoms with van der Waals surface area (Å²) < 4.78 is 157. The van der Waals surface area contributed by atoms with Gasteiger partial charge in [0.15, 0.2) is 46.9 Å². The molecule has 13 N–H and O–H groups in total. The molecule has 62 heavy (non-hydrogen) atoms. The number of aliphatic hydroxyl groups is 2. The zero-order valence-corrected chi connectivity index (χ0v) is 36.6. The van der Waals surface area contributed by atoms with E-state index in [0.717, 1.165) is 0 Å². The van der Waals surface area contributed by atoms with Gasteiger partial charge in [-0.05, 0) is 24.4 Å². The maximum Gasteiger partial charge on any atom is 0.490 e. The Morgan fingerprint density at radius 3 is 1.45 bits per heavy atom. The van der Waals surface area contributed by atoms with E-state index in [1.165, 1.54) is 11.8 Å². The molecule has 0 amide bonds. The molecule has 0 radical (unpaired) electrons. The number of nitrogens with one attached hydrogen (secondary N) is 1. The lowest BCUT2D eigenvalue weighted by molar-refractivity contribution is -0.135. The minimum atomic E-state index is -5.91. The molecule has 2 fully saturated rings. The number of ether oxygens (including phenoxy) is 2. The smallest absolute Gasteiger partial charge is 0.383 e. The van der Waals surface area contributed by atoms with E-state index in [1.54, 1.807) is 0 Å². The predicted molar refractivity (Wildman–Crippen MR) is 193 cm³/mol. The second-order valence-electron chi connectivity index (χ2n) is 11.1. The summed E-state index contributed by atoms with van der Waals surface area (Å²) in [5.41, 5.74) is -1.35. The van der Waals surface area contributed by atoms with Crippen molar-refractivity contribution in [3.63, 3.8) is 0 Å². The lowest BCUT2D eigenvalue weighted by Crippen LogP contribution is -2.42. The van der Waals surface area contributed by atoms with Crippen molar-refractivity contribution >= 4 is 89.4 Å². The molecule has 42 heteroatoms. The Morgan fingerprint density at radius 2 is 1.08 bits per heavy atom. The van der Waals surface area contributed by atoms with Gasteiger partial charge in [-0.1, -0.05) is 24.1 Å². The molecule has 2 aliphatic heterocycles. The largest absolute Gasteiger partial charge is 0.490 e. The van der Waals surface area contributed by atoms with Gasteiger partial charge >= 0.3 is 46.9 Å². The highest BCUT2D eigenvalue weighted by Crippen LogP contribution is 2.68. The van der Waals surface area contributed by atoms with Gasteiger partial charge in [-0.2, -0.15) is 22.2 Å². The van der Waals surface area contributed by atoms with E-state index in [2.05, 4.69) is 48.5 Å². The minimum absolute atomic E-state index is 0.445. The highest BCUT2D eigenvalue weighted by molar-refractivity contribution is 7.72. The standard InChI is InChI=1S/C10H12F2N3O12P3S.C10H11F2N2O12P3S2/c1-2-10(12)5(16)7(24-8(10)15-3-4(11)6(13)14-9(15)31)25-29(20,21)27-30(22,23)26-28(17,18)19;1-2-10(12)5(15)7(23-8(10)14-3-4(11)6(30)13-9(14)31)24-28(19,20)26-29(21,22)25-27(16,17)18/h1,3,5,7-8,16H,(H,20,21)(H,22,23)(H2,13,14,31)(H2,17,18,19);1,3,5,7-8,15H,(H,19,20)(H,21,22)(H,13,30,31)(H2,16,17,18)/t2*5-,7+,8+,10?/m00/s1. The van der Waals surface area contributed by atoms with E-state index >= 15 is 8.78 Å². The van der Waals surface area contributed by atoms with E-state index in [-0.39, 0.29) is 0 Å². The number of rotatable bonds is 14. The van der Waals surface area contributed by atoms with Crippen LogP contribution >= 0.6 is 83.6 Å². The Hall–Kier alpha value is -1.88. The number of nitrogens with two attached hydrogens (primary N) is 1. The molecule has 6 unspecified atom stereocenters. The van der Waals surface area contributed by atoms with Crippen LogP contribution in [0.1, 0.15) is 12.5 Å². The molecule has 0 aliphatic carbocycles. The number of phosphoric ester groups is 2. The summed E-state index contributed by atoms with van der Waals surface area (Å²) in [5, 5.41) is 20.2. The molecule has 4 heterocycles. The zero-order valence-electron chi connectivity index (χ0n) is 28.8. The van der Waals surface area contributed by atoms with Crippen LogP contribution in [0.4, 0.5) is 23.4 Å². The first-order chi connectivity index (χ1) is 27.8. The van der Waals surface area contributed by atoms with Crippen molar-refractivity contribution in [1.82, 2.24) is 19.1 Å². The number of aliphatic hydroxyl groups excluding tert-OH is 2. The van der Waals surface area contributed by atoms with Crippen LogP contribution in [0.25, 0.3) is 0 Å². The van der Waals surface area contributed by atoms with Crippen molar-refractivity contribution in [2.45, 2.75) is 48.6 Å². The molecule has 2 saturated heterocycles. The van der Waals surface area contributed by atoms with Gasteiger partial charge in [0.05, 0.1) is 0 Å². The number of hydrogen-bond acceptors (Lipinski definition) is 21. The zero-order chi connectivity index (χ0) is 48.0. The number of phosphoric acid groups is 6. The number of H-pyrrole nitrogens is 1. The number of nitrogens with zero attached hydrogens (tertiary/aromatic N) is 3. The number of nitrogen functional groups attached to an aromatic ring is 1. The van der Waals surface area contributed by atoms with Crippen LogP contribution in [-0.4, -0.2) is 105 Å². The fraction of sp³-hybridized carbons (Fsp3) is 0.400. The van der Waals surface area contributed by atoms with Crippen LogP contribution in [0, 0.1) is 50.5 Å². The predicted octanol–water partition coefficient (Wildman–Crippen LogP) is 1.55. The second-order valence-corrected chi connectivity index (χ2v) is 21.0. The van der Waals surface area contributed by atoms with E-state index in [1.807, 2.05) is 0 Å². The summed E-state index contributed by atoms with van der Waals surface area (Å²) in [6.07, 6.45) is -3.42. The van der Waals surface area contributed by atoms with E-state index in [4.69, 9.17) is 81.9 Å². The molecule has 0 saturated carbocycles. The average Bonchev–Trinajstić information content (AvgIpc) is 3.45. The highest BCUT2D eigenvalue weighted by Gasteiger charge is 2.62. The van der Waals surface area contributed by atoms with Crippen LogP contribution in [0.15, 0.2) is 12.4 Å². The van der Waals surface area contributed by atoms with Gasteiger partial charge in [0.1, 0.15) is 4.64 Å². The molecule has 0 spiro atoms. The van der Waals surface area contributed by atoms with Gasteiger partial charge in [0.25, 0.3) is 0 Å². The summed E-state index contributed by atoms with van der Waals surface area (Å²) in [7, 11) is -34.8. The molecule has 2 aliphatic rings. The van der Waals surface area contributed by atoms with E-state index in [0.29, 0.717) is 21.5 Å². The Labute approximate surface area is 354 Å². The van der Waals surface area contributed by atoms with Crippen molar-refractivity contribution in [3.8, 4) is 24.7 Å². The first-order valence-corrected chi connectivity index (χ1v) is 24.8. The number of anilines is 1. The number of terminal acetylenes is 2. The molecule has 348 valence electrons. The van der Waals surface area contributed by atoms with E-state index < -0.39 is 127 Å². The van der Waals surface area contributed by atoms with Crippen LogP contribution in [-0.2, 0) is 63.2 Å². The van der Waals surface area contributed by atoms with Crippen molar-refractivity contribution in [2.75, 3.05) is 5.73 Å². The van der Waals surface area contributed by atoms with Gasteiger partial charge in [-0.3, -0.25) is 18.2 Å². The maximum atomic E-state index is 15.2. The van der Waals surface area contributed by atoms with Crippen molar-refractivity contribution in [2.24, 2.45) is 0 Å². The molecular formula is C20H23F4N5O24P6S3. The molecule has 29 nitrogen and oxygen atoms in total. The summed E-state index contributed by atoms with van der Waals surface area (Å²) in [4.78, 5) is 76.7. The average molecular weight is 1080 g/mol. The lowest BCUT2D eigenvalue weighted by Gasteiger charge is -2.24. The molecule has 4 rings (SSSR count). The highest BCUT2D eigenvalue weighted by atomic mass is 32.1. The molecule has 12 atom stereocenters. The first-order valence-electron chi connectivity index (χ1n) is 14.5. The monoisotopic (exact) mass is 1070 g/mol. The number of hydrogen-bond donors (Lipinski definition) is 12. The summed E-state index contributed by atoms with van der Waals surface area (Å²) in [6, 6.07) is 0. The Balaban J connectivity index is 0.000000330. The molecule has 2 aromatic rings. The summed E-state index contributed by atoms with van der Waals surface area (Å²) >= 11 is 14.2.